The zero-order valence-electron chi connectivity index (χ0n) is 23.8. The van der Waals surface area contributed by atoms with Crippen molar-refractivity contribution in [3.8, 4) is 28.5 Å². The number of aromatic nitrogens is 6. The van der Waals surface area contributed by atoms with Crippen molar-refractivity contribution >= 4 is 23.0 Å². The highest BCUT2D eigenvalue weighted by molar-refractivity contribution is 5.99. The minimum atomic E-state index is -1.85. The molecular weight excluding hydrogens is 588 g/mol. The van der Waals surface area contributed by atoms with Crippen molar-refractivity contribution in [2.45, 2.75) is 44.1 Å². The summed E-state index contributed by atoms with van der Waals surface area (Å²) in [4.78, 5) is 27.5. The quantitative estimate of drug-likeness (QED) is 0.128. The van der Waals surface area contributed by atoms with Crippen LogP contribution in [0.5, 0.6) is 6.01 Å². The molecule has 1 aliphatic rings. The predicted octanol–water partition coefficient (Wildman–Crippen LogP) is 0.986. The number of aliphatic hydroxyl groups excluding tert-OH is 3. The summed E-state index contributed by atoms with van der Waals surface area (Å²) in [6.45, 7) is 2.57. The van der Waals surface area contributed by atoms with Gasteiger partial charge < -0.3 is 35.0 Å². The first-order valence-electron chi connectivity index (χ1n) is 14.0. The number of hydrogen-bond acceptors (Lipinski definition) is 10. The smallest absolute Gasteiger partial charge is 0.455 e. The number of aromatic carboxylic acids is 1. The number of aliphatic hydroxyl groups is 3. The van der Waals surface area contributed by atoms with E-state index in [1.807, 2.05) is 43.3 Å². The molecule has 1 fully saturated rings. The molecule has 6 N–H and O–H groups in total. The third-order valence-corrected chi connectivity index (χ3v) is 7.57. The lowest BCUT2D eigenvalue weighted by molar-refractivity contribution is -0.668. The average Bonchev–Trinajstić information content (AvgIpc) is 3.65. The fourth-order valence-electron chi connectivity index (χ4n) is 5.39. The third kappa shape index (κ3) is 5.49. The van der Waals surface area contributed by atoms with Crippen molar-refractivity contribution in [2.24, 2.45) is 0 Å². The summed E-state index contributed by atoms with van der Waals surface area (Å²) in [6.07, 6.45) is -8.70. The standard InChI is InChI=1S/C30H28N6O9/c1-2-44-30-31-20-9-5-8-19(28(40)41)21(20)35(30)14-15-10-12-16(13-11-15)17-6-3-4-7-18(17)26-32-34-36(33-26)27-24(39)22(37)23(38)25(45-27)29(42)43/h3-13,22-25,27,37-39H,2,14H2,1H3,(H2,40,41,42,43)/p+1/t22-,23-,24+,25-,27?/m0/s1. The molecule has 0 spiro atoms. The maximum Gasteiger partial charge on any atom is 0.455 e. The summed E-state index contributed by atoms with van der Waals surface area (Å²) in [5, 5.41) is 62.0. The van der Waals surface area contributed by atoms with Gasteiger partial charge in [-0.25, -0.2) is 14.6 Å². The van der Waals surface area contributed by atoms with Crippen LogP contribution in [0.25, 0.3) is 33.5 Å². The largest absolute Gasteiger partial charge is 0.479 e. The van der Waals surface area contributed by atoms with Gasteiger partial charge in [-0.3, -0.25) is 0 Å². The van der Waals surface area contributed by atoms with Gasteiger partial charge in [-0.05, 0) is 41.0 Å². The van der Waals surface area contributed by atoms with Gasteiger partial charge in [0.25, 0.3) is 0 Å². The molecule has 3 aromatic carbocycles. The molecule has 1 saturated heterocycles. The number of tetrazole rings is 1. The van der Waals surface area contributed by atoms with Crippen LogP contribution in [0, 0.1) is 0 Å². The fraction of sp³-hybridized carbons (Fsp3) is 0.267. The lowest BCUT2D eigenvalue weighted by Crippen LogP contribution is -2.58. The monoisotopic (exact) mass is 617 g/mol. The van der Waals surface area contributed by atoms with E-state index >= 15 is 0 Å². The fourth-order valence-corrected chi connectivity index (χ4v) is 5.39. The van der Waals surface area contributed by atoms with Crippen LogP contribution in [0.3, 0.4) is 0 Å². The zero-order chi connectivity index (χ0) is 31.8. The number of carboxylic acids is 2. The van der Waals surface area contributed by atoms with E-state index in [1.54, 1.807) is 34.9 Å². The Balaban J connectivity index is 1.29. The summed E-state index contributed by atoms with van der Waals surface area (Å²) in [7, 11) is 0. The van der Waals surface area contributed by atoms with Crippen molar-refractivity contribution < 1.29 is 49.2 Å². The Morgan fingerprint density at radius 2 is 1.69 bits per heavy atom. The number of benzene rings is 3. The Morgan fingerprint density at radius 3 is 2.38 bits per heavy atom. The highest BCUT2D eigenvalue weighted by Gasteiger charge is 2.48. The number of para-hydroxylation sites is 1. The first-order chi connectivity index (χ1) is 21.7. The molecule has 15 nitrogen and oxygen atoms in total. The first kappa shape index (κ1) is 29.8. The average molecular weight is 618 g/mol. The van der Waals surface area contributed by atoms with Crippen LogP contribution in [0.15, 0.2) is 66.7 Å². The van der Waals surface area contributed by atoms with E-state index in [9.17, 15) is 35.1 Å². The van der Waals surface area contributed by atoms with Gasteiger partial charge in [0.2, 0.25) is 12.1 Å². The van der Waals surface area contributed by atoms with Gasteiger partial charge in [0.05, 0.1) is 6.61 Å². The molecule has 5 aromatic rings. The van der Waals surface area contributed by atoms with Crippen LogP contribution in [0.4, 0.5) is 0 Å². The molecule has 45 heavy (non-hydrogen) atoms. The second kappa shape index (κ2) is 12.0. The van der Waals surface area contributed by atoms with Crippen LogP contribution in [0.1, 0.15) is 29.1 Å². The number of nitrogens with zero attached hydrogens (tertiary/aromatic N) is 5. The molecule has 232 valence electrons. The minimum Gasteiger partial charge on any atom is -0.479 e. The van der Waals surface area contributed by atoms with Crippen molar-refractivity contribution in [1.82, 2.24) is 25.2 Å². The van der Waals surface area contributed by atoms with Gasteiger partial charge in [0.15, 0.2) is 17.1 Å². The van der Waals surface area contributed by atoms with E-state index in [0.29, 0.717) is 35.8 Å². The molecule has 0 aliphatic carbocycles. The number of nitrogens with one attached hydrogen (secondary N) is 1. The molecule has 3 heterocycles. The molecule has 15 heteroatoms. The third-order valence-electron chi connectivity index (χ3n) is 7.57. The highest BCUT2D eigenvalue weighted by Crippen LogP contribution is 2.32. The maximum atomic E-state index is 12.0. The highest BCUT2D eigenvalue weighted by atomic mass is 16.6. The number of aromatic amines is 1. The Morgan fingerprint density at radius 1 is 0.956 bits per heavy atom. The number of fused-ring (bicyclic) bond motifs is 1. The number of carboxylic acid groups (broad SMARTS) is 2. The predicted molar refractivity (Wildman–Crippen MR) is 154 cm³/mol. The molecule has 0 amide bonds. The van der Waals surface area contributed by atoms with Gasteiger partial charge in [0, 0.05) is 5.56 Å². The second-order valence-corrected chi connectivity index (χ2v) is 10.4. The summed E-state index contributed by atoms with van der Waals surface area (Å²) in [5.74, 6) is -2.42. The van der Waals surface area contributed by atoms with Gasteiger partial charge in [-0.1, -0.05) is 54.6 Å². The number of rotatable bonds is 9. The topological polar surface area (TPSA) is 217 Å². The molecule has 0 radical (unpaired) electrons. The van der Waals surface area contributed by atoms with E-state index in [0.717, 1.165) is 21.5 Å². The first-order valence-corrected chi connectivity index (χ1v) is 14.0. The van der Waals surface area contributed by atoms with Gasteiger partial charge in [-0.2, -0.15) is 4.57 Å². The van der Waals surface area contributed by atoms with Crippen LogP contribution < -0.4 is 9.30 Å². The van der Waals surface area contributed by atoms with Crippen molar-refractivity contribution in [1.29, 1.82) is 0 Å². The number of carbonyl (C=O) groups is 2. The summed E-state index contributed by atoms with van der Waals surface area (Å²) in [6, 6.07) is 20.3. The zero-order valence-corrected chi connectivity index (χ0v) is 23.8. The number of hydrogen-bond donors (Lipinski definition) is 6. The Kier molecular flexibility index (Phi) is 7.99. The SMILES string of the molecule is CCOc1[nH]c2cccc(C(=O)O)c2[n+]1Cc1ccc(-c2ccccc2-c2nnn(C3O[C@H](C(=O)O)[C@@H](O)[C@H](O)[C@H]3O)n2)cc1. The molecule has 6 rings (SSSR count). The van der Waals surface area contributed by atoms with Crippen LogP contribution in [0.2, 0.25) is 0 Å². The van der Waals surface area contributed by atoms with E-state index in [-0.39, 0.29) is 11.4 Å². The molecule has 0 saturated carbocycles. The van der Waals surface area contributed by atoms with Gasteiger partial charge in [-0.15, -0.1) is 15.0 Å². The van der Waals surface area contributed by atoms with Gasteiger partial charge in [0.1, 0.15) is 30.4 Å². The lowest BCUT2D eigenvalue weighted by Gasteiger charge is -2.37. The molecule has 1 unspecified atom stereocenters. The molecule has 2 aromatic heterocycles. The van der Waals surface area contributed by atoms with Crippen molar-refractivity contribution in [2.75, 3.05) is 6.61 Å². The summed E-state index contributed by atoms with van der Waals surface area (Å²) < 4.78 is 12.9. The number of ether oxygens (including phenoxy) is 2. The number of aliphatic carboxylic acids is 1. The Bertz CT molecular complexity index is 1870. The van der Waals surface area contributed by atoms with Crippen molar-refractivity contribution in [3.63, 3.8) is 0 Å². The maximum absolute atomic E-state index is 12.0. The minimum absolute atomic E-state index is 0.148. The molecule has 1 aliphatic heterocycles. The number of H-pyrrole nitrogens is 1. The van der Waals surface area contributed by atoms with E-state index in [4.69, 9.17) is 9.47 Å². The second-order valence-electron chi connectivity index (χ2n) is 10.4. The van der Waals surface area contributed by atoms with Crippen LogP contribution >= 0.6 is 0 Å². The normalized spacial score (nSPS) is 21.6. The summed E-state index contributed by atoms with van der Waals surface area (Å²) >= 11 is 0. The number of imidazole rings is 1. The Labute approximate surface area is 254 Å². The summed E-state index contributed by atoms with van der Waals surface area (Å²) in [5.41, 5.74) is 4.31. The van der Waals surface area contributed by atoms with Crippen LogP contribution in [-0.2, 0) is 16.1 Å². The van der Waals surface area contributed by atoms with Gasteiger partial charge >= 0.3 is 17.9 Å². The molecule has 5 atom stereocenters. The van der Waals surface area contributed by atoms with E-state index in [1.165, 1.54) is 0 Å². The lowest BCUT2D eigenvalue weighted by atomic mass is 9.98. The molecular formula is C30H29N6O9+. The molecule has 0 bridgehead atoms. The Hall–Kier alpha value is -5.22. The van der Waals surface area contributed by atoms with Crippen molar-refractivity contribution in [3.05, 3.63) is 77.9 Å². The van der Waals surface area contributed by atoms with E-state index < -0.39 is 42.6 Å². The van der Waals surface area contributed by atoms with Crippen LogP contribution in [-0.4, -0.2) is 93.7 Å². The van der Waals surface area contributed by atoms with E-state index in [2.05, 4.69) is 20.4 Å².